The number of amides is 2. The van der Waals surface area contributed by atoms with Crippen LogP contribution in [0.2, 0.25) is 5.02 Å². The van der Waals surface area contributed by atoms with Crippen molar-refractivity contribution in [3.8, 4) is 0 Å². The highest BCUT2D eigenvalue weighted by molar-refractivity contribution is 6.44. The van der Waals surface area contributed by atoms with Gasteiger partial charge in [-0.25, -0.2) is 18.2 Å². The molecule has 1 N–H and O–H groups in total. The van der Waals surface area contributed by atoms with Crippen LogP contribution in [0.15, 0.2) is 35.4 Å². The Morgan fingerprint density at radius 1 is 1.15 bits per heavy atom. The quantitative estimate of drug-likeness (QED) is 0.792. The van der Waals surface area contributed by atoms with E-state index >= 15 is 0 Å². The third kappa shape index (κ3) is 3.80. The number of benzene rings is 2. The lowest BCUT2D eigenvalue weighted by Gasteiger charge is -2.23. The second-order valence-electron chi connectivity index (χ2n) is 5.86. The van der Waals surface area contributed by atoms with Crippen LogP contribution in [-0.4, -0.2) is 17.5 Å². The number of nitrogens with zero attached hydrogens (tertiary/aromatic N) is 2. The minimum Gasteiger partial charge on any atom is -0.318 e. The second-order valence-corrected chi connectivity index (χ2v) is 6.27. The Morgan fingerprint density at radius 2 is 1.89 bits per heavy atom. The van der Waals surface area contributed by atoms with Gasteiger partial charge in [0.25, 0.3) is 5.91 Å². The number of aryl methyl sites for hydroxylation is 1. The largest absolute Gasteiger partial charge is 0.318 e. The molecule has 0 saturated carbocycles. The van der Waals surface area contributed by atoms with Crippen LogP contribution in [0.25, 0.3) is 0 Å². The lowest BCUT2D eigenvalue weighted by molar-refractivity contribution is -0.118. The van der Waals surface area contributed by atoms with Crippen LogP contribution in [-0.2, 0) is 9.59 Å². The van der Waals surface area contributed by atoms with E-state index in [1.165, 1.54) is 6.07 Å². The fourth-order valence-electron chi connectivity index (χ4n) is 2.45. The van der Waals surface area contributed by atoms with Crippen LogP contribution in [0.1, 0.15) is 18.4 Å². The van der Waals surface area contributed by atoms with Gasteiger partial charge in [-0.2, -0.15) is 5.10 Å². The Labute approximate surface area is 157 Å². The molecule has 5 nitrogen and oxygen atoms in total. The molecule has 0 radical (unpaired) electrons. The van der Waals surface area contributed by atoms with E-state index < -0.39 is 29.0 Å². The van der Waals surface area contributed by atoms with Crippen molar-refractivity contribution < 1.29 is 22.8 Å². The van der Waals surface area contributed by atoms with Crippen molar-refractivity contribution in [1.29, 1.82) is 0 Å². The SMILES string of the molecule is Cc1ccc(N2N=C(C(=O)Nc3ccc(F)c(F)c3F)CCC2=O)cc1Cl. The molecule has 1 aliphatic rings. The van der Waals surface area contributed by atoms with Crippen molar-refractivity contribution in [1.82, 2.24) is 0 Å². The van der Waals surface area contributed by atoms with E-state index in [9.17, 15) is 22.8 Å². The zero-order valence-electron chi connectivity index (χ0n) is 14.0. The maximum atomic E-state index is 13.7. The zero-order valence-corrected chi connectivity index (χ0v) is 14.8. The van der Waals surface area contributed by atoms with Crippen LogP contribution in [0, 0.1) is 24.4 Å². The van der Waals surface area contributed by atoms with Crippen LogP contribution in [0.3, 0.4) is 0 Å². The number of carbonyl (C=O) groups is 2. The van der Waals surface area contributed by atoms with Crippen LogP contribution >= 0.6 is 11.6 Å². The average molecular weight is 396 g/mol. The molecule has 0 aliphatic carbocycles. The molecule has 0 spiro atoms. The predicted molar refractivity (Wildman–Crippen MR) is 95.3 cm³/mol. The summed E-state index contributed by atoms with van der Waals surface area (Å²) in [5.74, 6) is -5.74. The smallest absolute Gasteiger partial charge is 0.271 e. The molecule has 27 heavy (non-hydrogen) atoms. The monoisotopic (exact) mass is 395 g/mol. The normalized spacial score (nSPS) is 14.2. The lowest BCUT2D eigenvalue weighted by atomic mass is 10.1. The minimum absolute atomic E-state index is 0.00197. The maximum Gasteiger partial charge on any atom is 0.271 e. The number of rotatable bonds is 3. The van der Waals surface area contributed by atoms with Gasteiger partial charge in [-0.3, -0.25) is 9.59 Å². The zero-order chi connectivity index (χ0) is 19.7. The van der Waals surface area contributed by atoms with E-state index in [0.717, 1.165) is 16.6 Å². The first-order valence-corrected chi connectivity index (χ1v) is 8.27. The maximum absolute atomic E-state index is 13.7. The van der Waals surface area contributed by atoms with E-state index in [1.54, 1.807) is 19.1 Å². The summed E-state index contributed by atoms with van der Waals surface area (Å²) in [6.45, 7) is 1.79. The summed E-state index contributed by atoms with van der Waals surface area (Å²) >= 11 is 6.06. The van der Waals surface area contributed by atoms with Crippen molar-refractivity contribution >= 4 is 40.5 Å². The summed E-state index contributed by atoms with van der Waals surface area (Å²) in [5.41, 5.74) is 0.596. The van der Waals surface area contributed by atoms with Crippen molar-refractivity contribution in [2.24, 2.45) is 5.10 Å². The van der Waals surface area contributed by atoms with E-state index in [-0.39, 0.29) is 24.5 Å². The third-order valence-electron chi connectivity index (χ3n) is 3.98. The molecule has 0 saturated heterocycles. The number of hydrazone groups is 1. The summed E-state index contributed by atoms with van der Waals surface area (Å²) in [7, 11) is 0. The van der Waals surface area contributed by atoms with Gasteiger partial charge in [-0.1, -0.05) is 17.7 Å². The van der Waals surface area contributed by atoms with Gasteiger partial charge in [0.2, 0.25) is 5.91 Å². The molecule has 2 amide bonds. The first-order valence-electron chi connectivity index (χ1n) is 7.89. The van der Waals surface area contributed by atoms with E-state index in [4.69, 9.17) is 11.6 Å². The molecular formula is C18H13ClF3N3O2. The van der Waals surface area contributed by atoms with Crippen LogP contribution in [0.5, 0.6) is 0 Å². The highest BCUT2D eigenvalue weighted by Gasteiger charge is 2.27. The molecule has 0 fully saturated rings. The lowest BCUT2D eigenvalue weighted by Crippen LogP contribution is -2.36. The molecule has 2 aromatic carbocycles. The molecule has 0 atom stereocenters. The number of anilines is 2. The van der Waals surface area contributed by atoms with E-state index in [2.05, 4.69) is 10.4 Å². The predicted octanol–water partition coefficient (Wildman–Crippen LogP) is 4.19. The number of hydrogen-bond acceptors (Lipinski definition) is 3. The summed E-state index contributed by atoms with van der Waals surface area (Å²) < 4.78 is 40.0. The molecule has 140 valence electrons. The van der Waals surface area contributed by atoms with Gasteiger partial charge in [-0.05, 0) is 36.8 Å². The Kier molecular flexibility index (Phi) is 5.18. The number of hydrogen-bond donors (Lipinski definition) is 1. The van der Waals surface area contributed by atoms with Crippen LogP contribution in [0.4, 0.5) is 24.5 Å². The Bertz CT molecular complexity index is 979. The molecule has 1 aliphatic heterocycles. The summed E-state index contributed by atoms with van der Waals surface area (Å²) in [6.07, 6.45) is 0.0179. The Hall–Kier alpha value is -2.87. The van der Waals surface area contributed by atoms with Gasteiger partial charge in [0, 0.05) is 17.9 Å². The second kappa shape index (κ2) is 7.40. The van der Waals surface area contributed by atoms with Gasteiger partial charge < -0.3 is 5.32 Å². The fourth-order valence-corrected chi connectivity index (χ4v) is 2.62. The van der Waals surface area contributed by atoms with Crippen molar-refractivity contribution in [3.63, 3.8) is 0 Å². The van der Waals surface area contributed by atoms with E-state index in [1.807, 2.05) is 0 Å². The highest BCUT2D eigenvalue weighted by atomic mass is 35.5. The van der Waals surface area contributed by atoms with Gasteiger partial charge in [0.15, 0.2) is 17.5 Å². The van der Waals surface area contributed by atoms with E-state index in [0.29, 0.717) is 16.8 Å². The van der Waals surface area contributed by atoms with Crippen molar-refractivity contribution in [2.45, 2.75) is 19.8 Å². The number of carbonyl (C=O) groups excluding carboxylic acids is 2. The number of halogens is 4. The van der Waals surface area contributed by atoms with Crippen molar-refractivity contribution in [2.75, 3.05) is 10.3 Å². The standard InChI is InChI=1S/C18H13ClF3N3O2/c1-9-2-3-10(8-11(9)19)25-15(26)7-6-14(24-25)18(27)23-13-5-4-12(20)16(21)17(13)22/h2-5,8H,6-7H2,1H3,(H,23,27). The van der Waals surface area contributed by atoms with Crippen LogP contribution < -0.4 is 10.3 Å². The van der Waals surface area contributed by atoms with Gasteiger partial charge in [0.1, 0.15) is 5.71 Å². The molecule has 9 heteroatoms. The van der Waals surface area contributed by atoms with Crippen molar-refractivity contribution in [3.05, 3.63) is 58.4 Å². The Balaban J connectivity index is 1.87. The molecule has 3 rings (SSSR count). The molecule has 0 bridgehead atoms. The highest BCUT2D eigenvalue weighted by Crippen LogP contribution is 2.26. The van der Waals surface area contributed by atoms with Gasteiger partial charge in [-0.15, -0.1) is 0 Å². The first-order chi connectivity index (χ1) is 12.8. The summed E-state index contributed by atoms with van der Waals surface area (Å²) in [6, 6.07) is 6.46. The number of nitrogens with one attached hydrogen (secondary N) is 1. The first kappa shape index (κ1) is 18.9. The minimum atomic E-state index is -1.69. The summed E-state index contributed by atoms with van der Waals surface area (Å²) in [5, 5.41) is 7.61. The fraction of sp³-hybridized carbons (Fsp3) is 0.167. The Morgan fingerprint density at radius 3 is 2.59 bits per heavy atom. The third-order valence-corrected chi connectivity index (χ3v) is 4.39. The molecular weight excluding hydrogens is 383 g/mol. The van der Waals surface area contributed by atoms with Gasteiger partial charge in [0.05, 0.1) is 11.4 Å². The molecule has 0 aromatic heterocycles. The molecule has 1 heterocycles. The topological polar surface area (TPSA) is 61.8 Å². The van der Waals surface area contributed by atoms with Gasteiger partial charge >= 0.3 is 0 Å². The molecule has 0 unspecified atom stereocenters. The summed E-state index contributed by atoms with van der Waals surface area (Å²) in [4.78, 5) is 24.5. The average Bonchev–Trinajstić information content (AvgIpc) is 2.65. The molecule has 2 aromatic rings.